The van der Waals surface area contributed by atoms with Crippen LogP contribution in [0.5, 0.6) is 5.75 Å². The van der Waals surface area contributed by atoms with Crippen LogP contribution in [0.4, 0.5) is 10.5 Å². The van der Waals surface area contributed by atoms with Gasteiger partial charge in [-0.1, -0.05) is 34.8 Å². The van der Waals surface area contributed by atoms with Gasteiger partial charge in [0.05, 0.1) is 20.6 Å². The van der Waals surface area contributed by atoms with Crippen LogP contribution in [0.15, 0.2) is 41.3 Å². The van der Waals surface area contributed by atoms with Crippen LogP contribution < -0.4 is 4.90 Å². The highest BCUT2D eigenvalue weighted by molar-refractivity contribution is 8.19. The van der Waals surface area contributed by atoms with Crippen molar-refractivity contribution in [3.8, 4) is 5.75 Å². The third-order valence-electron chi connectivity index (χ3n) is 3.22. The number of aromatic hydroxyl groups is 1. The second kappa shape index (κ2) is 6.69. The van der Waals surface area contributed by atoms with Crippen LogP contribution in [0.2, 0.25) is 15.1 Å². The smallest absolute Gasteiger partial charge is 0.298 e. The average molecular weight is 401 g/mol. The molecular formula is C16H8Cl3NO3S. The lowest BCUT2D eigenvalue weighted by Crippen LogP contribution is -2.27. The molecule has 4 nitrogen and oxygen atoms in total. The molecule has 2 aromatic carbocycles. The Morgan fingerprint density at radius 1 is 1.00 bits per heavy atom. The lowest BCUT2D eigenvalue weighted by atomic mass is 10.2. The van der Waals surface area contributed by atoms with Gasteiger partial charge in [0, 0.05) is 5.02 Å². The second-order valence-corrected chi connectivity index (χ2v) is 7.07. The fraction of sp³-hybridized carbons (Fsp3) is 0. The predicted octanol–water partition coefficient (Wildman–Crippen LogP) is 5.59. The number of halogens is 3. The number of carbonyl (C=O) groups is 2. The van der Waals surface area contributed by atoms with E-state index >= 15 is 0 Å². The summed E-state index contributed by atoms with van der Waals surface area (Å²) in [5.41, 5.74) is 0.941. The van der Waals surface area contributed by atoms with Crippen molar-refractivity contribution in [3.63, 3.8) is 0 Å². The van der Waals surface area contributed by atoms with E-state index < -0.39 is 11.1 Å². The first kappa shape index (κ1) is 17.2. The van der Waals surface area contributed by atoms with Crippen molar-refractivity contribution in [2.45, 2.75) is 0 Å². The second-order valence-electron chi connectivity index (χ2n) is 4.83. The topological polar surface area (TPSA) is 57.6 Å². The average Bonchev–Trinajstić information content (AvgIpc) is 2.80. The molecule has 122 valence electrons. The molecule has 0 unspecified atom stereocenters. The largest absolute Gasteiger partial charge is 0.505 e. The molecule has 0 aliphatic carbocycles. The van der Waals surface area contributed by atoms with E-state index in [1.54, 1.807) is 24.3 Å². The zero-order valence-corrected chi connectivity index (χ0v) is 14.9. The number of anilines is 1. The van der Waals surface area contributed by atoms with Gasteiger partial charge in [-0.15, -0.1) is 0 Å². The molecule has 1 N–H and O–H groups in total. The highest BCUT2D eigenvalue weighted by Gasteiger charge is 2.36. The number of benzene rings is 2. The number of hydrogen-bond acceptors (Lipinski definition) is 4. The van der Waals surface area contributed by atoms with E-state index in [0.29, 0.717) is 16.3 Å². The number of amides is 2. The van der Waals surface area contributed by atoms with Gasteiger partial charge in [-0.05, 0) is 59.8 Å². The molecule has 24 heavy (non-hydrogen) atoms. The Morgan fingerprint density at radius 3 is 2.17 bits per heavy atom. The van der Waals surface area contributed by atoms with Gasteiger partial charge in [0.2, 0.25) is 0 Å². The van der Waals surface area contributed by atoms with Crippen LogP contribution in [0.25, 0.3) is 6.08 Å². The van der Waals surface area contributed by atoms with Crippen LogP contribution >= 0.6 is 46.6 Å². The number of thioether (sulfide) groups is 1. The van der Waals surface area contributed by atoms with Gasteiger partial charge in [-0.2, -0.15) is 0 Å². The van der Waals surface area contributed by atoms with Crippen molar-refractivity contribution in [3.05, 3.63) is 61.9 Å². The normalized spacial score (nSPS) is 16.3. The molecule has 1 saturated heterocycles. The Kier molecular flexibility index (Phi) is 4.78. The standard InChI is InChI=1S/C16H8Cl3NO3S/c17-9-1-3-10(4-2-9)20-15(22)13(24-16(20)23)7-8-5-11(18)14(21)12(19)6-8/h1-7,21H/b13-7+. The Bertz CT molecular complexity index is 858. The Labute approximate surface area is 156 Å². The number of carbonyl (C=O) groups excluding carboxylic acids is 2. The highest BCUT2D eigenvalue weighted by atomic mass is 35.5. The summed E-state index contributed by atoms with van der Waals surface area (Å²) < 4.78 is 0. The molecule has 2 amide bonds. The maximum absolute atomic E-state index is 12.5. The molecule has 1 aliphatic rings. The van der Waals surface area contributed by atoms with Gasteiger partial charge in [0.15, 0.2) is 5.75 Å². The molecular weight excluding hydrogens is 393 g/mol. The number of imide groups is 1. The van der Waals surface area contributed by atoms with E-state index in [1.807, 2.05) is 0 Å². The number of nitrogens with zero attached hydrogens (tertiary/aromatic N) is 1. The van der Waals surface area contributed by atoms with Gasteiger partial charge in [0.1, 0.15) is 0 Å². The molecule has 0 radical (unpaired) electrons. The minimum Gasteiger partial charge on any atom is -0.505 e. The SMILES string of the molecule is O=C1S/C(=C/c2cc(Cl)c(O)c(Cl)c2)C(=O)N1c1ccc(Cl)cc1. The summed E-state index contributed by atoms with van der Waals surface area (Å²) in [5.74, 6) is -0.683. The van der Waals surface area contributed by atoms with Gasteiger partial charge < -0.3 is 5.11 Å². The van der Waals surface area contributed by atoms with Crippen molar-refractivity contribution >= 4 is 69.5 Å². The zero-order valence-electron chi connectivity index (χ0n) is 11.8. The maximum Gasteiger partial charge on any atom is 0.298 e. The summed E-state index contributed by atoms with van der Waals surface area (Å²) in [6.45, 7) is 0. The number of hydrogen-bond donors (Lipinski definition) is 1. The van der Waals surface area contributed by atoms with Crippen LogP contribution in [-0.2, 0) is 4.79 Å². The third kappa shape index (κ3) is 3.26. The van der Waals surface area contributed by atoms with Crippen LogP contribution in [0, 0.1) is 0 Å². The lowest BCUT2D eigenvalue weighted by Gasteiger charge is -2.12. The van der Waals surface area contributed by atoms with Gasteiger partial charge in [0.25, 0.3) is 11.1 Å². The summed E-state index contributed by atoms with van der Waals surface area (Å²) in [5, 5.41) is 9.79. The van der Waals surface area contributed by atoms with Crippen LogP contribution in [0.3, 0.4) is 0 Å². The van der Waals surface area contributed by atoms with Crippen molar-refractivity contribution in [2.24, 2.45) is 0 Å². The summed E-state index contributed by atoms with van der Waals surface area (Å²) in [4.78, 5) is 26.0. The number of phenolic OH excluding ortho intramolecular Hbond substituents is 1. The van der Waals surface area contributed by atoms with E-state index in [9.17, 15) is 14.7 Å². The molecule has 2 aromatic rings. The number of rotatable bonds is 2. The minimum atomic E-state index is -0.451. The molecule has 0 atom stereocenters. The summed E-state index contributed by atoms with van der Waals surface area (Å²) >= 11 is 18.4. The molecule has 1 heterocycles. The highest BCUT2D eigenvalue weighted by Crippen LogP contribution is 2.38. The summed E-state index contributed by atoms with van der Waals surface area (Å²) in [7, 11) is 0. The van der Waals surface area contributed by atoms with Crippen LogP contribution in [0.1, 0.15) is 5.56 Å². The Morgan fingerprint density at radius 2 is 1.58 bits per heavy atom. The first-order valence-electron chi connectivity index (χ1n) is 6.58. The Hall–Kier alpha value is -1.66. The summed E-state index contributed by atoms with van der Waals surface area (Å²) in [6.07, 6.45) is 1.50. The molecule has 1 fully saturated rings. The predicted molar refractivity (Wildman–Crippen MR) is 98.0 cm³/mol. The van der Waals surface area contributed by atoms with Crippen molar-refractivity contribution in [2.75, 3.05) is 4.90 Å². The third-order valence-corrected chi connectivity index (χ3v) is 4.91. The summed E-state index contributed by atoms with van der Waals surface area (Å²) in [6, 6.07) is 9.30. The first-order chi connectivity index (χ1) is 11.4. The molecule has 3 rings (SSSR count). The molecule has 0 bridgehead atoms. The quantitative estimate of drug-likeness (QED) is 0.667. The van der Waals surface area contributed by atoms with Gasteiger partial charge >= 0.3 is 0 Å². The van der Waals surface area contributed by atoms with E-state index in [2.05, 4.69) is 0 Å². The maximum atomic E-state index is 12.5. The lowest BCUT2D eigenvalue weighted by molar-refractivity contribution is -0.113. The molecule has 0 saturated carbocycles. The fourth-order valence-corrected chi connectivity index (χ4v) is 3.57. The van der Waals surface area contributed by atoms with E-state index in [-0.39, 0.29) is 20.7 Å². The van der Waals surface area contributed by atoms with E-state index in [0.717, 1.165) is 16.7 Å². The van der Waals surface area contributed by atoms with Gasteiger partial charge in [-0.25, -0.2) is 4.90 Å². The molecule has 1 aliphatic heterocycles. The van der Waals surface area contributed by atoms with Crippen molar-refractivity contribution < 1.29 is 14.7 Å². The zero-order chi connectivity index (χ0) is 17.4. The van der Waals surface area contributed by atoms with Crippen molar-refractivity contribution in [1.29, 1.82) is 0 Å². The monoisotopic (exact) mass is 399 g/mol. The molecule has 8 heteroatoms. The Balaban J connectivity index is 1.95. The van der Waals surface area contributed by atoms with Crippen molar-refractivity contribution in [1.82, 2.24) is 0 Å². The van der Waals surface area contributed by atoms with Crippen LogP contribution in [-0.4, -0.2) is 16.3 Å². The molecule has 0 aromatic heterocycles. The van der Waals surface area contributed by atoms with Gasteiger partial charge in [-0.3, -0.25) is 9.59 Å². The minimum absolute atomic E-state index is 0.0608. The van der Waals surface area contributed by atoms with E-state index in [4.69, 9.17) is 34.8 Å². The first-order valence-corrected chi connectivity index (χ1v) is 8.53. The number of phenols is 1. The van der Waals surface area contributed by atoms with E-state index in [1.165, 1.54) is 18.2 Å². The fourth-order valence-electron chi connectivity index (χ4n) is 2.10. The molecule has 0 spiro atoms.